The minimum Gasteiger partial charge on any atom is -0.454 e. The Balaban J connectivity index is 1.97. The molecule has 0 aliphatic rings. The molecule has 1 heterocycles. The van der Waals surface area contributed by atoms with Crippen LogP contribution in [0.25, 0.3) is 10.2 Å². The maximum Gasteiger partial charge on any atom is 0.181 e. The van der Waals surface area contributed by atoms with Gasteiger partial charge in [0.1, 0.15) is 5.75 Å². The van der Waals surface area contributed by atoms with Gasteiger partial charge in [-0.25, -0.2) is 9.37 Å². The summed E-state index contributed by atoms with van der Waals surface area (Å²) in [5.74, 6) is 0.381. The van der Waals surface area contributed by atoms with Crippen LogP contribution in [-0.4, -0.2) is 4.98 Å². The number of rotatable bonds is 2. The molecule has 0 saturated carbocycles. The van der Waals surface area contributed by atoms with Crippen LogP contribution in [0.4, 0.5) is 9.52 Å². The fourth-order valence-corrected chi connectivity index (χ4v) is 2.40. The smallest absolute Gasteiger partial charge is 0.181 e. The molecule has 0 bridgehead atoms. The van der Waals surface area contributed by atoms with Gasteiger partial charge >= 0.3 is 0 Å². The van der Waals surface area contributed by atoms with Crippen LogP contribution in [0.1, 0.15) is 0 Å². The van der Waals surface area contributed by atoms with Crippen LogP contribution in [-0.2, 0) is 0 Å². The first-order valence-electron chi connectivity index (χ1n) is 5.31. The molecule has 90 valence electrons. The van der Waals surface area contributed by atoms with Gasteiger partial charge in [-0.1, -0.05) is 23.5 Å². The van der Waals surface area contributed by atoms with Gasteiger partial charge in [-0.2, -0.15) is 0 Å². The quantitative estimate of drug-likeness (QED) is 0.762. The van der Waals surface area contributed by atoms with Crippen molar-refractivity contribution in [1.82, 2.24) is 4.98 Å². The van der Waals surface area contributed by atoms with Gasteiger partial charge in [0.15, 0.2) is 16.7 Å². The predicted molar refractivity (Wildman–Crippen MR) is 70.5 cm³/mol. The Hall–Kier alpha value is -2.14. The zero-order chi connectivity index (χ0) is 12.5. The highest BCUT2D eigenvalue weighted by Gasteiger charge is 2.06. The Bertz CT molecular complexity index is 711. The molecule has 18 heavy (non-hydrogen) atoms. The van der Waals surface area contributed by atoms with Gasteiger partial charge in [-0.3, -0.25) is 0 Å². The first kappa shape index (κ1) is 11.0. The van der Waals surface area contributed by atoms with Gasteiger partial charge in [0.25, 0.3) is 0 Å². The zero-order valence-corrected chi connectivity index (χ0v) is 10.1. The Morgan fingerprint density at radius 2 is 2.00 bits per heavy atom. The van der Waals surface area contributed by atoms with Crippen LogP contribution in [0.15, 0.2) is 42.5 Å². The summed E-state index contributed by atoms with van der Waals surface area (Å²) in [6, 6.07) is 11.6. The lowest BCUT2D eigenvalue weighted by atomic mass is 10.3. The fourth-order valence-electron chi connectivity index (χ4n) is 1.64. The number of para-hydroxylation sites is 1. The molecule has 0 fully saturated rings. The van der Waals surface area contributed by atoms with Crippen LogP contribution < -0.4 is 10.5 Å². The third kappa shape index (κ3) is 2.00. The molecule has 3 rings (SSSR count). The van der Waals surface area contributed by atoms with Gasteiger partial charge in [0.2, 0.25) is 0 Å². The van der Waals surface area contributed by atoms with E-state index in [0.29, 0.717) is 10.9 Å². The van der Waals surface area contributed by atoms with E-state index in [1.807, 2.05) is 0 Å². The summed E-state index contributed by atoms with van der Waals surface area (Å²) in [7, 11) is 0. The molecule has 0 atom stereocenters. The van der Waals surface area contributed by atoms with Crippen molar-refractivity contribution in [2.45, 2.75) is 0 Å². The molecule has 2 aromatic carbocycles. The van der Waals surface area contributed by atoms with Gasteiger partial charge in [-0.15, -0.1) is 0 Å². The molecule has 0 aliphatic carbocycles. The predicted octanol–water partition coefficient (Wildman–Crippen LogP) is 3.81. The van der Waals surface area contributed by atoms with E-state index in [9.17, 15) is 4.39 Å². The Morgan fingerprint density at radius 3 is 2.83 bits per heavy atom. The minimum absolute atomic E-state index is 0.203. The third-order valence-corrected chi connectivity index (χ3v) is 3.29. The van der Waals surface area contributed by atoms with E-state index in [0.717, 1.165) is 10.2 Å². The van der Waals surface area contributed by atoms with Crippen LogP contribution in [0, 0.1) is 5.82 Å². The minimum atomic E-state index is -0.388. The lowest BCUT2D eigenvalue weighted by molar-refractivity contribution is 0.443. The maximum atomic E-state index is 13.4. The van der Waals surface area contributed by atoms with E-state index in [-0.39, 0.29) is 11.6 Å². The van der Waals surface area contributed by atoms with E-state index in [2.05, 4.69) is 4.98 Å². The normalized spacial score (nSPS) is 10.7. The van der Waals surface area contributed by atoms with E-state index in [1.165, 1.54) is 17.4 Å². The maximum absolute atomic E-state index is 13.4. The monoisotopic (exact) mass is 260 g/mol. The molecule has 5 heteroatoms. The summed E-state index contributed by atoms with van der Waals surface area (Å²) < 4.78 is 19.8. The summed E-state index contributed by atoms with van der Waals surface area (Å²) in [6.07, 6.45) is 0. The van der Waals surface area contributed by atoms with Gasteiger partial charge in [0.05, 0.1) is 10.2 Å². The number of aromatic nitrogens is 1. The number of nitrogen functional groups attached to an aromatic ring is 1. The van der Waals surface area contributed by atoms with E-state index in [1.54, 1.807) is 36.4 Å². The second-order valence-electron chi connectivity index (χ2n) is 3.71. The Labute approximate surface area is 107 Å². The van der Waals surface area contributed by atoms with Crippen molar-refractivity contribution in [2.75, 3.05) is 5.73 Å². The third-order valence-electron chi connectivity index (χ3n) is 2.44. The Morgan fingerprint density at radius 1 is 1.17 bits per heavy atom. The van der Waals surface area contributed by atoms with Crippen molar-refractivity contribution >= 4 is 26.7 Å². The molecule has 3 aromatic rings. The summed E-state index contributed by atoms with van der Waals surface area (Å²) >= 11 is 1.37. The number of hydrogen-bond donors (Lipinski definition) is 1. The topological polar surface area (TPSA) is 48.1 Å². The summed E-state index contributed by atoms with van der Waals surface area (Å²) in [6.45, 7) is 0. The van der Waals surface area contributed by atoms with Crippen molar-refractivity contribution in [2.24, 2.45) is 0 Å². The van der Waals surface area contributed by atoms with Crippen LogP contribution in [0.3, 0.4) is 0 Å². The number of anilines is 1. The molecule has 0 unspecified atom stereocenters. The van der Waals surface area contributed by atoms with Crippen molar-refractivity contribution in [3.8, 4) is 11.5 Å². The van der Waals surface area contributed by atoms with Crippen molar-refractivity contribution < 1.29 is 9.13 Å². The van der Waals surface area contributed by atoms with E-state index in [4.69, 9.17) is 10.5 Å². The van der Waals surface area contributed by atoms with Crippen LogP contribution in [0.5, 0.6) is 11.5 Å². The molecule has 3 nitrogen and oxygen atoms in total. The molecule has 0 spiro atoms. The zero-order valence-electron chi connectivity index (χ0n) is 9.26. The Kier molecular flexibility index (Phi) is 2.60. The molecule has 2 N–H and O–H groups in total. The number of fused-ring (bicyclic) bond motifs is 1. The molecule has 1 aromatic heterocycles. The highest BCUT2D eigenvalue weighted by atomic mass is 32.1. The summed E-state index contributed by atoms with van der Waals surface area (Å²) in [4.78, 5) is 4.15. The van der Waals surface area contributed by atoms with E-state index >= 15 is 0 Å². The largest absolute Gasteiger partial charge is 0.454 e. The molecular formula is C13H9FN2OS. The van der Waals surface area contributed by atoms with Crippen LogP contribution >= 0.6 is 11.3 Å². The highest BCUT2D eigenvalue weighted by Crippen LogP contribution is 2.30. The van der Waals surface area contributed by atoms with Gasteiger partial charge in [0, 0.05) is 6.07 Å². The molecule has 0 saturated heterocycles. The standard InChI is InChI=1S/C13H9FN2OS/c14-9-3-1-2-4-11(9)17-8-5-6-10-12(7-8)18-13(15)16-10/h1-7H,(H2,15,16). The number of benzene rings is 2. The van der Waals surface area contributed by atoms with Gasteiger partial charge < -0.3 is 10.5 Å². The number of ether oxygens (including phenoxy) is 1. The highest BCUT2D eigenvalue weighted by molar-refractivity contribution is 7.22. The first-order chi connectivity index (χ1) is 8.72. The molecule has 0 amide bonds. The average molecular weight is 260 g/mol. The van der Waals surface area contributed by atoms with Crippen molar-refractivity contribution in [3.63, 3.8) is 0 Å². The number of nitrogens with two attached hydrogens (primary N) is 1. The second-order valence-corrected chi connectivity index (χ2v) is 4.78. The summed E-state index contributed by atoms with van der Waals surface area (Å²) in [5, 5.41) is 0.507. The van der Waals surface area contributed by atoms with Crippen LogP contribution in [0.2, 0.25) is 0 Å². The second kappa shape index (κ2) is 4.27. The number of hydrogen-bond acceptors (Lipinski definition) is 4. The number of halogens is 1. The number of thiazole rings is 1. The van der Waals surface area contributed by atoms with Crippen molar-refractivity contribution in [1.29, 1.82) is 0 Å². The summed E-state index contributed by atoms with van der Waals surface area (Å²) in [5.41, 5.74) is 6.44. The lowest BCUT2D eigenvalue weighted by Crippen LogP contribution is -1.87. The first-order valence-corrected chi connectivity index (χ1v) is 6.12. The fraction of sp³-hybridized carbons (Fsp3) is 0. The SMILES string of the molecule is Nc1nc2ccc(Oc3ccccc3F)cc2s1. The molecular weight excluding hydrogens is 251 g/mol. The van der Waals surface area contributed by atoms with Crippen molar-refractivity contribution in [3.05, 3.63) is 48.3 Å². The molecule has 0 radical (unpaired) electrons. The van der Waals surface area contributed by atoms with E-state index < -0.39 is 0 Å². The lowest BCUT2D eigenvalue weighted by Gasteiger charge is -2.05. The van der Waals surface area contributed by atoms with Gasteiger partial charge in [-0.05, 0) is 24.3 Å². The average Bonchev–Trinajstić information content (AvgIpc) is 2.71. The number of nitrogens with zero attached hydrogens (tertiary/aromatic N) is 1. The molecule has 0 aliphatic heterocycles.